The van der Waals surface area contributed by atoms with Crippen molar-refractivity contribution in [3.8, 4) is 0 Å². The van der Waals surface area contributed by atoms with Crippen LogP contribution < -0.4 is 0 Å². The van der Waals surface area contributed by atoms with Crippen molar-refractivity contribution in [3.05, 3.63) is 6.43 Å². The molecule has 0 aromatic heterocycles. The van der Waals surface area contributed by atoms with E-state index in [0.717, 1.165) is 6.42 Å². The summed E-state index contributed by atoms with van der Waals surface area (Å²) in [4.78, 5) is 9.19. The average Bonchev–Trinajstić information content (AvgIpc) is 2.34. The standard InChI is InChI=1S/C6H9F2O2/c7-6(8)2-1-5-3-4-9-10-5/h5H,1-4H2. The first-order valence-electron chi connectivity index (χ1n) is 3.24. The molecule has 1 aliphatic heterocycles. The van der Waals surface area contributed by atoms with Gasteiger partial charge in [-0.25, -0.2) is 9.78 Å². The van der Waals surface area contributed by atoms with Gasteiger partial charge in [0, 0.05) is 12.8 Å². The van der Waals surface area contributed by atoms with E-state index < -0.39 is 6.43 Å². The molecule has 0 aliphatic carbocycles. The Morgan fingerprint density at radius 3 is 2.80 bits per heavy atom. The Morgan fingerprint density at radius 1 is 1.50 bits per heavy atom. The van der Waals surface area contributed by atoms with Crippen molar-refractivity contribution >= 4 is 0 Å². The van der Waals surface area contributed by atoms with E-state index in [1.54, 1.807) is 0 Å². The maximum Gasteiger partial charge on any atom is 0.310 e. The van der Waals surface area contributed by atoms with Gasteiger partial charge >= 0.3 is 6.43 Å². The number of rotatable bonds is 3. The minimum Gasteiger partial charge on any atom is -0.236 e. The SMILES string of the molecule is F[C](F)CCC1CCOO1. The third-order valence-electron chi connectivity index (χ3n) is 1.38. The molecule has 10 heavy (non-hydrogen) atoms. The number of hydrogen-bond acceptors (Lipinski definition) is 2. The van der Waals surface area contributed by atoms with Crippen molar-refractivity contribution in [1.29, 1.82) is 0 Å². The van der Waals surface area contributed by atoms with Crippen LogP contribution in [0.4, 0.5) is 8.78 Å². The predicted octanol–water partition coefficient (Wildman–Crippen LogP) is 1.92. The molecule has 4 heteroatoms. The molecule has 0 spiro atoms. The van der Waals surface area contributed by atoms with Crippen LogP contribution in [0.15, 0.2) is 0 Å². The van der Waals surface area contributed by atoms with Gasteiger partial charge in [0.05, 0.1) is 12.7 Å². The van der Waals surface area contributed by atoms with Crippen LogP contribution in [-0.2, 0) is 9.78 Å². The molecule has 0 aromatic carbocycles. The van der Waals surface area contributed by atoms with Crippen LogP contribution in [0.25, 0.3) is 0 Å². The first kappa shape index (κ1) is 7.88. The van der Waals surface area contributed by atoms with Crippen LogP contribution in [-0.4, -0.2) is 12.7 Å². The van der Waals surface area contributed by atoms with E-state index in [0.29, 0.717) is 13.0 Å². The van der Waals surface area contributed by atoms with Crippen LogP contribution in [0, 0.1) is 6.43 Å². The van der Waals surface area contributed by atoms with Crippen LogP contribution in [0.5, 0.6) is 0 Å². The molecular formula is C6H9F2O2. The molecule has 0 amide bonds. The lowest BCUT2D eigenvalue weighted by Gasteiger charge is -2.03. The van der Waals surface area contributed by atoms with E-state index >= 15 is 0 Å². The van der Waals surface area contributed by atoms with Gasteiger partial charge in [0.25, 0.3) is 0 Å². The summed E-state index contributed by atoms with van der Waals surface area (Å²) >= 11 is 0. The summed E-state index contributed by atoms with van der Waals surface area (Å²) in [5.41, 5.74) is 0. The van der Waals surface area contributed by atoms with Crippen molar-refractivity contribution in [2.24, 2.45) is 0 Å². The molecule has 1 atom stereocenters. The second-order valence-corrected chi connectivity index (χ2v) is 2.21. The van der Waals surface area contributed by atoms with Gasteiger partial charge in [0.15, 0.2) is 0 Å². The van der Waals surface area contributed by atoms with Crippen molar-refractivity contribution in [3.63, 3.8) is 0 Å². The van der Waals surface area contributed by atoms with Gasteiger partial charge in [-0.2, -0.15) is 8.78 Å². The molecule has 1 fully saturated rings. The number of hydrogen-bond donors (Lipinski definition) is 0. The predicted molar refractivity (Wildman–Crippen MR) is 30.1 cm³/mol. The van der Waals surface area contributed by atoms with Crippen molar-refractivity contribution < 1.29 is 18.6 Å². The molecular weight excluding hydrogens is 142 g/mol. The first-order valence-corrected chi connectivity index (χ1v) is 3.24. The van der Waals surface area contributed by atoms with Gasteiger partial charge in [-0.05, 0) is 6.42 Å². The Balaban J connectivity index is 2.01. The largest absolute Gasteiger partial charge is 0.310 e. The average molecular weight is 151 g/mol. The highest BCUT2D eigenvalue weighted by Crippen LogP contribution is 2.19. The summed E-state index contributed by atoms with van der Waals surface area (Å²) in [7, 11) is 0. The van der Waals surface area contributed by atoms with Gasteiger partial charge < -0.3 is 0 Å². The van der Waals surface area contributed by atoms with Gasteiger partial charge in [0.1, 0.15) is 0 Å². The van der Waals surface area contributed by atoms with E-state index in [4.69, 9.17) is 0 Å². The second kappa shape index (κ2) is 3.83. The minimum absolute atomic E-state index is 0.124. The lowest BCUT2D eigenvalue weighted by atomic mass is 10.1. The molecule has 0 bridgehead atoms. The van der Waals surface area contributed by atoms with Crippen molar-refractivity contribution in [2.45, 2.75) is 25.4 Å². The van der Waals surface area contributed by atoms with E-state index in [-0.39, 0.29) is 12.5 Å². The maximum absolute atomic E-state index is 11.5. The van der Waals surface area contributed by atoms with Crippen LogP contribution in [0.2, 0.25) is 0 Å². The molecule has 59 valence electrons. The van der Waals surface area contributed by atoms with Gasteiger partial charge in [-0.3, -0.25) is 0 Å². The van der Waals surface area contributed by atoms with Crippen molar-refractivity contribution in [2.75, 3.05) is 6.61 Å². The lowest BCUT2D eigenvalue weighted by Crippen LogP contribution is -2.04. The third-order valence-corrected chi connectivity index (χ3v) is 1.38. The minimum atomic E-state index is -1.53. The first-order chi connectivity index (χ1) is 4.79. The zero-order valence-electron chi connectivity index (χ0n) is 5.48. The Bertz CT molecular complexity index is 91.7. The topological polar surface area (TPSA) is 18.5 Å². The molecule has 2 nitrogen and oxygen atoms in total. The molecule has 1 heterocycles. The van der Waals surface area contributed by atoms with Crippen molar-refractivity contribution in [1.82, 2.24) is 0 Å². The van der Waals surface area contributed by atoms with E-state index in [2.05, 4.69) is 9.78 Å². The summed E-state index contributed by atoms with van der Waals surface area (Å²) in [6, 6.07) is 0. The monoisotopic (exact) mass is 151 g/mol. The van der Waals surface area contributed by atoms with Crippen LogP contribution in [0.1, 0.15) is 19.3 Å². The highest BCUT2D eigenvalue weighted by atomic mass is 19.3. The van der Waals surface area contributed by atoms with Gasteiger partial charge in [-0.15, -0.1) is 0 Å². The lowest BCUT2D eigenvalue weighted by molar-refractivity contribution is -0.275. The van der Waals surface area contributed by atoms with Crippen LogP contribution >= 0.6 is 0 Å². The maximum atomic E-state index is 11.5. The zero-order chi connectivity index (χ0) is 7.40. The molecule has 0 saturated carbocycles. The quantitative estimate of drug-likeness (QED) is 0.573. The molecule has 1 unspecified atom stereocenters. The Labute approximate surface area is 58.0 Å². The van der Waals surface area contributed by atoms with Crippen LogP contribution in [0.3, 0.4) is 0 Å². The van der Waals surface area contributed by atoms with E-state index in [9.17, 15) is 8.78 Å². The molecule has 0 aromatic rings. The smallest absolute Gasteiger partial charge is 0.236 e. The molecule has 0 N–H and O–H groups in total. The van der Waals surface area contributed by atoms with Gasteiger partial charge in [0.2, 0.25) is 0 Å². The van der Waals surface area contributed by atoms with Gasteiger partial charge in [-0.1, -0.05) is 0 Å². The Morgan fingerprint density at radius 2 is 2.30 bits per heavy atom. The fourth-order valence-corrected chi connectivity index (χ4v) is 0.835. The molecule has 1 rings (SSSR count). The summed E-state index contributed by atoms with van der Waals surface area (Å²) in [6.07, 6.45) is -0.735. The third kappa shape index (κ3) is 2.58. The summed E-state index contributed by atoms with van der Waals surface area (Å²) in [6.45, 7) is 0.526. The molecule has 1 radical (unpaired) electrons. The summed E-state index contributed by atoms with van der Waals surface area (Å²) < 4.78 is 23.0. The molecule has 1 aliphatic rings. The highest BCUT2D eigenvalue weighted by Gasteiger charge is 2.19. The fraction of sp³-hybridized carbons (Fsp3) is 0.833. The Hall–Kier alpha value is -0.220. The summed E-state index contributed by atoms with van der Waals surface area (Å²) in [5, 5.41) is 0. The fourth-order valence-electron chi connectivity index (χ4n) is 0.835. The zero-order valence-corrected chi connectivity index (χ0v) is 5.48. The number of halogens is 2. The second-order valence-electron chi connectivity index (χ2n) is 2.21. The Kier molecular flexibility index (Phi) is 3.02. The normalized spacial score (nSPS) is 26.1. The highest BCUT2D eigenvalue weighted by molar-refractivity contribution is 4.66. The molecule has 1 saturated heterocycles. The van der Waals surface area contributed by atoms with E-state index in [1.807, 2.05) is 0 Å². The van der Waals surface area contributed by atoms with E-state index in [1.165, 1.54) is 0 Å². The summed E-state index contributed by atoms with van der Waals surface area (Å²) in [5.74, 6) is 0.